The Hall–Kier alpha value is -3.24. The van der Waals surface area contributed by atoms with E-state index in [-0.39, 0.29) is 5.28 Å². The molecule has 0 unspecified atom stereocenters. The van der Waals surface area contributed by atoms with Gasteiger partial charge < -0.3 is 0 Å². The Morgan fingerprint density at radius 2 is 1.50 bits per heavy atom. The third-order valence-corrected chi connectivity index (χ3v) is 4.58. The first-order valence-electron chi connectivity index (χ1n) is 8.26. The number of aromatic nitrogens is 4. The molecule has 5 aromatic rings. The number of hydrogen-bond donors (Lipinski definition) is 0. The molecule has 0 bridgehead atoms. The molecule has 0 atom stereocenters. The zero-order chi connectivity index (χ0) is 17.5. The van der Waals surface area contributed by atoms with Crippen molar-refractivity contribution in [3.8, 4) is 16.9 Å². The Balaban J connectivity index is 1.95. The minimum atomic E-state index is 0.237. The van der Waals surface area contributed by atoms with Crippen LogP contribution in [0.15, 0.2) is 79.0 Å². The number of rotatable bonds is 2. The van der Waals surface area contributed by atoms with Gasteiger partial charge in [0.25, 0.3) is 0 Å². The van der Waals surface area contributed by atoms with Crippen LogP contribution in [-0.2, 0) is 0 Å². The van der Waals surface area contributed by atoms with Gasteiger partial charge in [-0.2, -0.15) is 5.10 Å². The predicted octanol–water partition coefficient (Wildman–Crippen LogP) is 5.29. The quantitative estimate of drug-likeness (QED) is 0.404. The lowest BCUT2D eigenvalue weighted by atomic mass is 10.0. The van der Waals surface area contributed by atoms with Crippen LogP contribution in [0.3, 0.4) is 0 Å². The summed E-state index contributed by atoms with van der Waals surface area (Å²) in [4.78, 5) is 8.99. The Kier molecular flexibility index (Phi) is 3.43. The van der Waals surface area contributed by atoms with Crippen molar-refractivity contribution in [1.29, 1.82) is 0 Å². The molecular formula is C21H13ClN4. The molecule has 0 spiro atoms. The smallest absolute Gasteiger partial charge is 0.223 e. The van der Waals surface area contributed by atoms with Crippen LogP contribution >= 0.6 is 11.6 Å². The molecule has 0 fully saturated rings. The summed E-state index contributed by atoms with van der Waals surface area (Å²) < 4.78 is 1.93. The number of hydrogen-bond acceptors (Lipinski definition) is 3. The first-order chi connectivity index (χ1) is 12.8. The van der Waals surface area contributed by atoms with Crippen molar-refractivity contribution in [2.24, 2.45) is 0 Å². The van der Waals surface area contributed by atoms with E-state index < -0.39 is 0 Å². The van der Waals surface area contributed by atoms with E-state index in [2.05, 4.69) is 15.1 Å². The van der Waals surface area contributed by atoms with E-state index in [1.165, 1.54) is 0 Å². The van der Waals surface area contributed by atoms with E-state index in [0.717, 1.165) is 38.8 Å². The third-order valence-electron chi connectivity index (χ3n) is 4.41. The molecular weight excluding hydrogens is 344 g/mol. The fourth-order valence-corrected chi connectivity index (χ4v) is 3.45. The van der Waals surface area contributed by atoms with Crippen LogP contribution in [0.4, 0.5) is 0 Å². The van der Waals surface area contributed by atoms with Gasteiger partial charge in [0, 0.05) is 10.9 Å². The van der Waals surface area contributed by atoms with Gasteiger partial charge >= 0.3 is 0 Å². The summed E-state index contributed by atoms with van der Waals surface area (Å²) in [6, 6.07) is 24.1. The molecule has 2 aromatic heterocycles. The standard InChI is InChI=1S/C21H13ClN4/c22-21-24-17-12-11-15-13-23-26(16-9-5-2-6-10-16)20(15)18(17)19(25-21)14-7-3-1-4-8-14/h1-13H. The van der Waals surface area contributed by atoms with Gasteiger partial charge in [-0.25, -0.2) is 14.6 Å². The fourth-order valence-electron chi connectivity index (χ4n) is 3.28. The second-order valence-corrected chi connectivity index (χ2v) is 6.33. The number of benzene rings is 3. The summed E-state index contributed by atoms with van der Waals surface area (Å²) in [5.41, 5.74) is 4.57. The molecule has 5 heteroatoms. The third kappa shape index (κ3) is 2.35. The minimum Gasteiger partial charge on any atom is -0.232 e. The van der Waals surface area contributed by atoms with Crippen LogP contribution in [0, 0.1) is 0 Å². The monoisotopic (exact) mass is 356 g/mol. The maximum absolute atomic E-state index is 6.21. The van der Waals surface area contributed by atoms with Crippen molar-refractivity contribution >= 4 is 33.4 Å². The zero-order valence-corrected chi connectivity index (χ0v) is 14.4. The molecule has 0 aliphatic heterocycles. The van der Waals surface area contributed by atoms with E-state index in [1.54, 1.807) is 0 Å². The van der Waals surface area contributed by atoms with E-state index in [0.29, 0.717) is 0 Å². The first-order valence-corrected chi connectivity index (χ1v) is 8.64. The van der Waals surface area contributed by atoms with Crippen LogP contribution in [0.25, 0.3) is 38.8 Å². The minimum absolute atomic E-state index is 0.237. The van der Waals surface area contributed by atoms with E-state index >= 15 is 0 Å². The molecule has 0 saturated carbocycles. The zero-order valence-electron chi connectivity index (χ0n) is 13.7. The van der Waals surface area contributed by atoms with Crippen molar-refractivity contribution in [3.05, 3.63) is 84.3 Å². The molecule has 0 amide bonds. The average Bonchev–Trinajstić information content (AvgIpc) is 3.13. The predicted molar refractivity (Wildman–Crippen MR) is 105 cm³/mol. The Morgan fingerprint density at radius 3 is 2.27 bits per heavy atom. The largest absolute Gasteiger partial charge is 0.232 e. The molecule has 0 aliphatic carbocycles. The normalized spacial score (nSPS) is 11.3. The summed E-state index contributed by atoms with van der Waals surface area (Å²) >= 11 is 6.21. The number of halogens is 1. The van der Waals surface area contributed by atoms with Crippen molar-refractivity contribution < 1.29 is 0 Å². The van der Waals surface area contributed by atoms with E-state index in [9.17, 15) is 0 Å². The number of fused-ring (bicyclic) bond motifs is 3. The van der Waals surface area contributed by atoms with Crippen LogP contribution in [0.5, 0.6) is 0 Å². The summed E-state index contributed by atoms with van der Waals surface area (Å²) in [5, 5.41) is 6.81. The number of para-hydroxylation sites is 1. The van der Waals surface area contributed by atoms with Crippen molar-refractivity contribution in [3.63, 3.8) is 0 Å². The number of nitrogens with zero attached hydrogens (tertiary/aromatic N) is 4. The van der Waals surface area contributed by atoms with Gasteiger partial charge in [-0.15, -0.1) is 0 Å². The van der Waals surface area contributed by atoms with Crippen LogP contribution in [0.2, 0.25) is 5.28 Å². The Morgan fingerprint density at radius 1 is 0.769 bits per heavy atom. The molecule has 5 rings (SSSR count). The molecule has 0 saturated heterocycles. The van der Waals surface area contributed by atoms with Crippen molar-refractivity contribution in [2.75, 3.05) is 0 Å². The summed E-state index contributed by atoms with van der Waals surface area (Å²) in [6.07, 6.45) is 1.87. The first kappa shape index (κ1) is 15.0. The fraction of sp³-hybridized carbons (Fsp3) is 0. The SMILES string of the molecule is Clc1nc(-c2ccccc2)c2c(ccc3cnn(-c4ccccc4)c32)n1. The van der Waals surface area contributed by atoms with Gasteiger partial charge in [-0.3, -0.25) is 0 Å². The highest BCUT2D eigenvalue weighted by atomic mass is 35.5. The lowest BCUT2D eigenvalue weighted by Gasteiger charge is -2.10. The lowest BCUT2D eigenvalue weighted by molar-refractivity contribution is 0.913. The topological polar surface area (TPSA) is 43.6 Å². The van der Waals surface area contributed by atoms with Gasteiger partial charge in [0.05, 0.1) is 34.0 Å². The van der Waals surface area contributed by atoms with Gasteiger partial charge in [0.2, 0.25) is 5.28 Å². The average molecular weight is 357 g/mol. The van der Waals surface area contributed by atoms with Crippen LogP contribution < -0.4 is 0 Å². The van der Waals surface area contributed by atoms with E-state index in [1.807, 2.05) is 83.7 Å². The second-order valence-electron chi connectivity index (χ2n) is 6.00. The molecule has 124 valence electrons. The maximum atomic E-state index is 6.21. The highest BCUT2D eigenvalue weighted by Gasteiger charge is 2.16. The summed E-state index contributed by atoms with van der Waals surface area (Å²) in [6.45, 7) is 0. The van der Waals surface area contributed by atoms with Gasteiger partial charge in [0.15, 0.2) is 0 Å². The Bertz CT molecular complexity index is 1230. The van der Waals surface area contributed by atoms with Crippen molar-refractivity contribution in [2.45, 2.75) is 0 Å². The molecule has 2 heterocycles. The molecule has 0 N–H and O–H groups in total. The van der Waals surface area contributed by atoms with Crippen LogP contribution in [0.1, 0.15) is 0 Å². The molecule has 0 radical (unpaired) electrons. The molecule has 0 aliphatic rings. The Labute approximate surface area is 154 Å². The van der Waals surface area contributed by atoms with Gasteiger partial charge in [-0.1, -0.05) is 48.5 Å². The second kappa shape index (κ2) is 5.93. The van der Waals surface area contributed by atoms with Crippen molar-refractivity contribution in [1.82, 2.24) is 19.7 Å². The molecule has 3 aromatic carbocycles. The summed E-state index contributed by atoms with van der Waals surface area (Å²) in [7, 11) is 0. The van der Waals surface area contributed by atoms with Gasteiger partial charge in [-0.05, 0) is 35.9 Å². The molecule has 4 nitrogen and oxygen atoms in total. The van der Waals surface area contributed by atoms with Gasteiger partial charge in [0.1, 0.15) is 0 Å². The maximum Gasteiger partial charge on any atom is 0.223 e. The van der Waals surface area contributed by atoms with Crippen LogP contribution in [-0.4, -0.2) is 19.7 Å². The molecule has 26 heavy (non-hydrogen) atoms. The highest BCUT2D eigenvalue weighted by molar-refractivity contribution is 6.29. The lowest BCUT2D eigenvalue weighted by Crippen LogP contribution is -1.98. The highest BCUT2D eigenvalue weighted by Crippen LogP contribution is 2.34. The summed E-state index contributed by atoms with van der Waals surface area (Å²) in [5.74, 6) is 0. The van der Waals surface area contributed by atoms with E-state index in [4.69, 9.17) is 11.6 Å².